The van der Waals surface area contributed by atoms with E-state index in [1.54, 1.807) is 36.4 Å². The van der Waals surface area contributed by atoms with E-state index in [-0.39, 0.29) is 23.2 Å². The van der Waals surface area contributed by atoms with E-state index < -0.39 is 23.8 Å². The molecular weight excluding hydrogens is 624 g/mol. The molecule has 5 fully saturated rings. The Hall–Kier alpha value is -4.24. The SMILES string of the molecule is O=C1NC(=O)N(c2ccc(C34CC5CC(CC(C5)C3)C4)cc2)C(=O)/C1=C/c1ccc(OCc2cccc(C(=O)O)c2)c(Br)c1. The predicted molar refractivity (Wildman–Crippen MR) is 167 cm³/mol. The van der Waals surface area contributed by atoms with Crippen LogP contribution in [0.4, 0.5) is 10.5 Å². The number of nitrogens with zero attached hydrogens (tertiary/aromatic N) is 1. The Morgan fingerprint density at radius 3 is 2.27 bits per heavy atom. The number of carbonyl (C=O) groups excluding carboxylic acids is 3. The molecule has 224 valence electrons. The van der Waals surface area contributed by atoms with Crippen LogP contribution in [0.1, 0.15) is 65.6 Å². The quantitative estimate of drug-likeness (QED) is 0.213. The van der Waals surface area contributed by atoms with Gasteiger partial charge in [-0.25, -0.2) is 14.5 Å². The molecular formula is C35H31BrN2O6. The van der Waals surface area contributed by atoms with Gasteiger partial charge in [-0.05, 0) is 137 Å². The van der Waals surface area contributed by atoms with Crippen LogP contribution in [0.3, 0.4) is 0 Å². The average molecular weight is 656 g/mol. The molecule has 0 atom stereocenters. The number of amides is 4. The van der Waals surface area contributed by atoms with Crippen molar-refractivity contribution in [1.82, 2.24) is 5.32 Å². The van der Waals surface area contributed by atoms with Gasteiger partial charge in [-0.2, -0.15) is 0 Å². The van der Waals surface area contributed by atoms with Gasteiger partial charge in [-0.3, -0.25) is 14.9 Å². The van der Waals surface area contributed by atoms with E-state index >= 15 is 0 Å². The lowest BCUT2D eigenvalue weighted by atomic mass is 9.48. The topological polar surface area (TPSA) is 113 Å². The third-order valence-corrected chi connectivity index (χ3v) is 10.3. The van der Waals surface area contributed by atoms with Gasteiger partial charge in [0.25, 0.3) is 11.8 Å². The van der Waals surface area contributed by atoms with Gasteiger partial charge in [0.05, 0.1) is 15.7 Å². The van der Waals surface area contributed by atoms with Crippen molar-refractivity contribution in [2.75, 3.05) is 4.90 Å². The highest BCUT2D eigenvalue weighted by Crippen LogP contribution is 2.60. The van der Waals surface area contributed by atoms with E-state index in [0.29, 0.717) is 27.0 Å². The Morgan fingerprint density at radius 1 is 0.955 bits per heavy atom. The van der Waals surface area contributed by atoms with Crippen molar-refractivity contribution in [3.8, 4) is 5.75 Å². The first kappa shape index (κ1) is 28.5. The molecule has 1 saturated heterocycles. The van der Waals surface area contributed by atoms with Crippen LogP contribution in [0.25, 0.3) is 6.08 Å². The first-order valence-corrected chi connectivity index (χ1v) is 15.7. The Balaban J connectivity index is 1.08. The van der Waals surface area contributed by atoms with Crippen LogP contribution in [-0.2, 0) is 21.6 Å². The number of carboxylic acid groups (broad SMARTS) is 1. The smallest absolute Gasteiger partial charge is 0.335 e. The van der Waals surface area contributed by atoms with Crippen molar-refractivity contribution in [3.05, 3.63) is 99.0 Å². The first-order chi connectivity index (χ1) is 21.2. The molecule has 9 heteroatoms. The van der Waals surface area contributed by atoms with Crippen LogP contribution in [-0.4, -0.2) is 28.9 Å². The number of halogens is 1. The molecule has 3 aromatic carbocycles. The number of benzene rings is 3. The maximum Gasteiger partial charge on any atom is 0.335 e. The summed E-state index contributed by atoms with van der Waals surface area (Å²) in [5, 5.41) is 11.5. The predicted octanol–water partition coefficient (Wildman–Crippen LogP) is 6.86. The van der Waals surface area contributed by atoms with E-state index in [1.165, 1.54) is 56.2 Å². The van der Waals surface area contributed by atoms with E-state index in [0.717, 1.165) is 22.7 Å². The average Bonchev–Trinajstić information content (AvgIpc) is 2.98. The van der Waals surface area contributed by atoms with Crippen LogP contribution in [0.5, 0.6) is 5.75 Å². The summed E-state index contributed by atoms with van der Waals surface area (Å²) in [5.41, 5.74) is 3.20. The standard InChI is InChI=1S/C35H31BrN2O6/c36-29-15-20(4-9-30(29)44-19-21-2-1-3-25(13-21)33(41)42)14-28-31(39)37-34(43)38(32(28)40)27-7-5-26(6-8-27)35-16-22-10-23(17-35)12-24(11-22)18-35/h1-9,13-15,22-24H,10-12,16-19H2,(H,41,42)(H,37,39,43)/b28-14+. The number of aromatic carboxylic acids is 1. The minimum absolute atomic E-state index is 0.152. The summed E-state index contributed by atoms with van der Waals surface area (Å²) in [5.74, 6) is 0.485. The van der Waals surface area contributed by atoms with Crippen molar-refractivity contribution in [1.29, 1.82) is 0 Å². The molecule has 4 amide bonds. The van der Waals surface area contributed by atoms with Gasteiger partial charge in [-0.1, -0.05) is 30.3 Å². The van der Waals surface area contributed by atoms with Gasteiger partial charge < -0.3 is 9.84 Å². The van der Waals surface area contributed by atoms with Crippen molar-refractivity contribution in [3.63, 3.8) is 0 Å². The maximum absolute atomic E-state index is 13.5. The van der Waals surface area contributed by atoms with Crippen LogP contribution in [0, 0.1) is 17.8 Å². The van der Waals surface area contributed by atoms with Crippen molar-refractivity contribution < 1.29 is 29.0 Å². The van der Waals surface area contributed by atoms with Crippen molar-refractivity contribution in [2.45, 2.75) is 50.5 Å². The van der Waals surface area contributed by atoms with E-state index in [1.807, 2.05) is 12.1 Å². The highest BCUT2D eigenvalue weighted by Gasteiger charge is 2.51. The minimum atomic E-state index is -1.01. The second-order valence-electron chi connectivity index (χ2n) is 12.7. The van der Waals surface area contributed by atoms with E-state index in [2.05, 4.69) is 33.4 Å². The summed E-state index contributed by atoms with van der Waals surface area (Å²) in [4.78, 5) is 51.4. The zero-order chi connectivity index (χ0) is 30.6. The molecule has 3 aromatic rings. The summed E-state index contributed by atoms with van der Waals surface area (Å²) in [6.45, 7) is 0.153. The Morgan fingerprint density at radius 2 is 1.64 bits per heavy atom. The van der Waals surface area contributed by atoms with Crippen LogP contribution in [0.2, 0.25) is 0 Å². The molecule has 4 aliphatic carbocycles. The lowest BCUT2D eigenvalue weighted by molar-refractivity contribution is -0.122. The molecule has 1 heterocycles. The van der Waals surface area contributed by atoms with Gasteiger partial charge in [-0.15, -0.1) is 0 Å². The van der Waals surface area contributed by atoms with E-state index in [9.17, 15) is 24.3 Å². The highest BCUT2D eigenvalue weighted by molar-refractivity contribution is 9.10. The number of hydrogen-bond acceptors (Lipinski definition) is 5. The third-order valence-electron chi connectivity index (χ3n) is 9.71. The molecule has 5 aliphatic rings. The number of hydrogen-bond donors (Lipinski definition) is 2. The second kappa shape index (κ2) is 11.0. The number of nitrogens with one attached hydrogen (secondary N) is 1. The fourth-order valence-corrected chi connectivity index (χ4v) is 8.68. The number of imide groups is 2. The summed E-state index contributed by atoms with van der Waals surface area (Å²) < 4.78 is 6.44. The number of carboxylic acids is 1. The van der Waals surface area contributed by atoms with Crippen LogP contribution in [0.15, 0.2) is 76.8 Å². The van der Waals surface area contributed by atoms with Gasteiger partial charge in [0, 0.05) is 0 Å². The molecule has 8 rings (SSSR count). The number of ether oxygens (including phenoxy) is 1. The zero-order valence-electron chi connectivity index (χ0n) is 23.9. The van der Waals surface area contributed by atoms with Crippen molar-refractivity contribution >= 4 is 51.5 Å². The molecule has 8 nitrogen and oxygen atoms in total. The number of urea groups is 1. The fraction of sp³-hybridized carbons (Fsp3) is 0.314. The highest BCUT2D eigenvalue weighted by atomic mass is 79.9. The van der Waals surface area contributed by atoms with Crippen LogP contribution >= 0.6 is 15.9 Å². The summed E-state index contributed by atoms with van der Waals surface area (Å²) in [7, 11) is 0. The minimum Gasteiger partial charge on any atom is -0.488 e. The summed E-state index contributed by atoms with van der Waals surface area (Å²) >= 11 is 3.48. The molecule has 1 aliphatic heterocycles. The largest absolute Gasteiger partial charge is 0.488 e. The number of anilines is 1. The normalized spacial score (nSPS) is 26.7. The Labute approximate surface area is 263 Å². The molecule has 0 spiro atoms. The Bertz CT molecular complexity index is 1690. The molecule has 0 radical (unpaired) electrons. The molecule has 2 N–H and O–H groups in total. The Kier molecular flexibility index (Phi) is 7.16. The first-order valence-electron chi connectivity index (χ1n) is 14.9. The molecule has 0 unspecified atom stereocenters. The monoisotopic (exact) mass is 654 g/mol. The van der Waals surface area contributed by atoms with Crippen molar-refractivity contribution in [2.24, 2.45) is 17.8 Å². The van der Waals surface area contributed by atoms with Gasteiger partial charge in [0.2, 0.25) is 0 Å². The molecule has 4 bridgehead atoms. The zero-order valence-corrected chi connectivity index (χ0v) is 25.5. The van der Waals surface area contributed by atoms with Gasteiger partial charge >= 0.3 is 12.0 Å². The van der Waals surface area contributed by atoms with E-state index in [4.69, 9.17) is 4.74 Å². The fourth-order valence-electron chi connectivity index (χ4n) is 8.17. The lowest BCUT2D eigenvalue weighted by Gasteiger charge is -2.57. The lowest BCUT2D eigenvalue weighted by Crippen LogP contribution is -2.54. The molecule has 0 aromatic heterocycles. The summed E-state index contributed by atoms with van der Waals surface area (Å²) in [6.07, 6.45) is 9.20. The maximum atomic E-state index is 13.5. The van der Waals surface area contributed by atoms with Crippen LogP contribution < -0.4 is 15.0 Å². The number of carbonyl (C=O) groups is 4. The molecule has 44 heavy (non-hydrogen) atoms. The third kappa shape index (κ3) is 5.23. The second-order valence-corrected chi connectivity index (χ2v) is 13.5. The number of barbiturate groups is 1. The number of rotatable bonds is 7. The van der Waals surface area contributed by atoms with Gasteiger partial charge in [0.15, 0.2) is 0 Å². The molecule has 4 saturated carbocycles. The van der Waals surface area contributed by atoms with Gasteiger partial charge in [0.1, 0.15) is 17.9 Å². The summed E-state index contributed by atoms with van der Waals surface area (Å²) in [6, 6.07) is 18.6.